The molecule has 1 aromatic carbocycles. The van der Waals surface area contributed by atoms with Gasteiger partial charge in [-0.3, -0.25) is 19.5 Å². The Balaban J connectivity index is 0.00000306. The summed E-state index contributed by atoms with van der Waals surface area (Å²) < 4.78 is 5.71. The van der Waals surface area contributed by atoms with Gasteiger partial charge >= 0.3 is 0 Å². The molecule has 1 aliphatic heterocycles. The number of halogens is 1. The van der Waals surface area contributed by atoms with Crippen LogP contribution < -0.4 is 10.6 Å². The maximum Gasteiger partial charge on any atom is 0.233 e. The molecule has 1 saturated carbocycles. The lowest BCUT2D eigenvalue weighted by Crippen LogP contribution is -2.43. The van der Waals surface area contributed by atoms with Crippen LogP contribution in [0.25, 0.3) is 0 Å². The number of nitrogens with one attached hydrogen (secondary N) is 2. The minimum absolute atomic E-state index is 0. The third-order valence-electron chi connectivity index (χ3n) is 6.63. The minimum atomic E-state index is -0.124. The Morgan fingerprint density at radius 2 is 1.76 bits per heavy atom. The smallest absolute Gasteiger partial charge is 0.233 e. The van der Waals surface area contributed by atoms with Crippen LogP contribution in [0.15, 0.2) is 47.5 Å². The van der Waals surface area contributed by atoms with Gasteiger partial charge in [-0.15, -0.1) is 24.0 Å². The van der Waals surface area contributed by atoms with Gasteiger partial charge in [0, 0.05) is 32.8 Å². The second-order valence-corrected chi connectivity index (χ2v) is 8.72. The number of carbonyl (C=O) groups is 2. The third-order valence-corrected chi connectivity index (χ3v) is 6.63. The number of imide groups is 1. The van der Waals surface area contributed by atoms with Gasteiger partial charge in [-0.2, -0.15) is 0 Å². The Morgan fingerprint density at radius 1 is 1.06 bits per heavy atom. The molecule has 1 saturated heterocycles. The van der Waals surface area contributed by atoms with Crippen LogP contribution in [-0.4, -0.2) is 62.1 Å². The maximum absolute atomic E-state index is 12.8. The number of allylic oxidation sites excluding steroid dienone is 2. The summed E-state index contributed by atoms with van der Waals surface area (Å²) in [5.41, 5.74) is 1.28. The summed E-state index contributed by atoms with van der Waals surface area (Å²) in [6.07, 6.45) is 6.97. The van der Waals surface area contributed by atoms with Crippen molar-refractivity contribution in [1.29, 1.82) is 0 Å². The van der Waals surface area contributed by atoms with Gasteiger partial charge in [0.1, 0.15) is 0 Å². The monoisotopic (exact) mass is 566 g/mol. The van der Waals surface area contributed by atoms with Gasteiger partial charge in [0.2, 0.25) is 11.8 Å². The lowest BCUT2D eigenvalue weighted by atomic mass is 9.85. The molecule has 4 rings (SSSR count). The van der Waals surface area contributed by atoms with Gasteiger partial charge in [0.25, 0.3) is 0 Å². The van der Waals surface area contributed by atoms with Crippen molar-refractivity contribution in [2.45, 2.75) is 26.2 Å². The number of hydrogen-bond donors (Lipinski definition) is 2. The highest BCUT2D eigenvalue weighted by atomic mass is 127. The van der Waals surface area contributed by atoms with Crippen LogP contribution in [0.5, 0.6) is 0 Å². The molecule has 4 unspecified atom stereocenters. The number of nitrogens with zero attached hydrogens (tertiary/aromatic N) is 2. The Bertz CT molecular complexity index is 830. The quantitative estimate of drug-likeness (QED) is 0.108. The van der Waals surface area contributed by atoms with Crippen LogP contribution in [-0.2, 0) is 20.7 Å². The predicted molar refractivity (Wildman–Crippen MR) is 139 cm³/mol. The fraction of sp³-hybridized carbons (Fsp3) is 0.560. The molecule has 0 radical (unpaired) electrons. The third kappa shape index (κ3) is 6.15. The van der Waals surface area contributed by atoms with Gasteiger partial charge in [-0.05, 0) is 43.6 Å². The number of guanidine groups is 1. The molecule has 1 heterocycles. The molecular weight excluding hydrogens is 531 g/mol. The molecule has 2 fully saturated rings. The van der Waals surface area contributed by atoms with Crippen LogP contribution >= 0.6 is 24.0 Å². The van der Waals surface area contributed by atoms with E-state index in [-0.39, 0.29) is 59.5 Å². The van der Waals surface area contributed by atoms with Crippen molar-refractivity contribution in [2.24, 2.45) is 28.7 Å². The average molecular weight is 566 g/mol. The molecule has 7 nitrogen and oxygen atoms in total. The number of carbonyl (C=O) groups excluding carboxylic acids is 2. The number of likely N-dealkylation sites (tertiary alicyclic amines) is 1. The molecular formula is C25H35IN4O3. The molecule has 8 heteroatoms. The van der Waals surface area contributed by atoms with E-state index < -0.39 is 0 Å². The number of hydrogen-bond acceptors (Lipinski definition) is 4. The van der Waals surface area contributed by atoms with Gasteiger partial charge in [0.15, 0.2) is 5.96 Å². The number of amides is 2. The van der Waals surface area contributed by atoms with Gasteiger partial charge in [-0.25, -0.2) is 0 Å². The molecule has 33 heavy (non-hydrogen) atoms. The molecule has 0 aromatic heterocycles. The molecule has 2 aliphatic carbocycles. The molecule has 2 bridgehead atoms. The molecule has 2 N–H and O–H groups in total. The van der Waals surface area contributed by atoms with E-state index in [9.17, 15) is 9.59 Å². The van der Waals surface area contributed by atoms with Crippen molar-refractivity contribution in [1.82, 2.24) is 15.5 Å². The average Bonchev–Trinajstić information content (AvgIpc) is 3.49. The van der Waals surface area contributed by atoms with Gasteiger partial charge in [0.05, 0.1) is 18.4 Å². The van der Waals surface area contributed by atoms with Crippen LogP contribution in [0.4, 0.5) is 0 Å². The summed E-state index contributed by atoms with van der Waals surface area (Å²) in [4.78, 5) is 31.6. The Kier molecular flexibility index (Phi) is 9.73. The SMILES string of the molecule is CCNC(=NCCCOCCc1ccccc1)NCCN1C(=O)C2C3C=CC(C3)C2C1=O.I. The van der Waals surface area contributed by atoms with Crippen molar-refractivity contribution < 1.29 is 14.3 Å². The van der Waals surface area contributed by atoms with E-state index in [0.717, 1.165) is 25.8 Å². The first-order valence-electron chi connectivity index (χ1n) is 11.9. The molecule has 3 aliphatic rings. The van der Waals surface area contributed by atoms with Gasteiger partial charge < -0.3 is 15.4 Å². The first-order chi connectivity index (χ1) is 15.7. The number of fused-ring (bicyclic) bond motifs is 5. The second-order valence-electron chi connectivity index (χ2n) is 8.72. The largest absolute Gasteiger partial charge is 0.381 e. The maximum atomic E-state index is 12.8. The highest BCUT2D eigenvalue weighted by molar-refractivity contribution is 14.0. The minimum Gasteiger partial charge on any atom is -0.381 e. The number of benzene rings is 1. The van der Waals surface area contributed by atoms with Gasteiger partial charge in [-0.1, -0.05) is 42.5 Å². The summed E-state index contributed by atoms with van der Waals surface area (Å²) in [6, 6.07) is 10.3. The summed E-state index contributed by atoms with van der Waals surface area (Å²) in [7, 11) is 0. The number of aliphatic imine (C=N–C) groups is 1. The zero-order valence-corrected chi connectivity index (χ0v) is 21.6. The highest BCUT2D eigenvalue weighted by Crippen LogP contribution is 2.52. The molecule has 0 spiro atoms. The zero-order valence-electron chi connectivity index (χ0n) is 19.2. The van der Waals surface area contributed by atoms with E-state index in [0.29, 0.717) is 38.8 Å². The first-order valence-corrected chi connectivity index (χ1v) is 11.9. The van der Waals surface area contributed by atoms with E-state index in [4.69, 9.17) is 4.74 Å². The molecule has 1 aromatic rings. The van der Waals surface area contributed by atoms with Crippen molar-refractivity contribution in [3.63, 3.8) is 0 Å². The fourth-order valence-electron chi connectivity index (χ4n) is 5.11. The van der Waals surface area contributed by atoms with E-state index in [2.05, 4.69) is 39.9 Å². The van der Waals surface area contributed by atoms with E-state index in [1.165, 1.54) is 10.5 Å². The standard InChI is InChI=1S/C25H34N4O3.HI/c1-2-26-25(27-12-6-15-32-16-11-18-7-4-3-5-8-18)28-13-14-29-23(30)21-19-9-10-20(17-19)22(21)24(29)31;/h3-5,7-10,19-22H,2,6,11-17H2,1H3,(H2,26,27,28);1H. The lowest BCUT2D eigenvalue weighted by molar-refractivity contribution is -0.140. The van der Waals surface area contributed by atoms with Crippen LogP contribution in [0.2, 0.25) is 0 Å². The first kappa shape index (κ1) is 25.7. The Morgan fingerprint density at radius 3 is 2.42 bits per heavy atom. The van der Waals surface area contributed by atoms with Crippen molar-refractivity contribution in [3.8, 4) is 0 Å². The van der Waals surface area contributed by atoms with Crippen molar-refractivity contribution in [2.75, 3.05) is 39.4 Å². The number of rotatable bonds is 11. The fourth-order valence-corrected chi connectivity index (χ4v) is 5.11. The molecule has 2 amide bonds. The highest BCUT2D eigenvalue weighted by Gasteiger charge is 2.58. The predicted octanol–water partition coefficient (Wildman–Crippen LogP) is 2.62. The Hall–Kier alpha value is -1.94. The van der Waals surface area contributed by atoms with Crippen molar-refractivity contribution >= 4 is 41.8 Å². The molecule has 4 atom stereocenters. The summed E-state index contributed by atoms with van der Waals surface area (Å²) in [5.74, 6) is 0.989. The summed E-state index contributed by atoms with van der Waals surface area (Å²) >= 11 is 0. The van der Waals surface area contributed by atoms with E-state index in [1.807, 2.05) is 25.1 Å². The second kappa shape index (κ2) is 12.5. The lowest BCUT2D eigenvalue weighted by Gasteiger charge is -2.18. The number of ether oxygens (including phenoxy) is 1. The molecule has 180 valence electrons. The van der Waals surface area contributed by atoms with Crippen LogP contribution in [0.1, 0.15) is 25.3 Å². The van der Waals surface area contributed by atoms with E-state index >= 15 is 0 Å². The Labute approximate surface area is 213 Å². The zero-order chi connectivity index (χ0) is 22.3. The topological polar surface area (TPSA) is 83.0 Å². The van der Waals surface area contributed by atoms with E-state index in [1.54, 1.807) is 0 Å². The summed E-state index contributed by atoms with van der Waals surface area (Å²) in [5, 5.41) is 6.47. The summed E-state index contributed by atoms with van der Waals surface area (Å²) in [6.45, 7) is 5.69. The normalized spacial score (nSPS) is 25.4. The van der Waals surface area contributed by atoms with Crippen LogP contribution in [0, 0.1) is 23.7 Å². The van der Waals surface area contributed by atoms with Crippen LogP contribution in [0.3, 0.4) is 0 Å². The van der Waals surface area contributed by atoms with Crippen molar-refractivity contribution in [3.05, 3.63) is 48.0 Å².